The molecule has 1 N–H and O–H groups in total. The van der Waals surface area contributed by atoms with Crippen molar-refractivity contribution in [3.63, 3.8) is 0 Å². The number of carbonyl (C=O) groups excluding carboxylic acids is 1. The van der Waals surface area contributed by atoms with E-state index < -0.39 is 0 Å². The van der Waals surface area contributed by atoms with E-state index in [0.717, 1.165) is 35.4 Å². The summed E-state index contributed by atoms with van der Waals surface area (Å²) in [6, 6.07) is 5.46. The van der Waals surface area contributed by atoms with Gasteiger partial charge in [-0.2, -0.15) is 0 Å². The quantitative estimate of drug-likeness (QED) is 0.872. The van der Waals surface area contributed by atoms with Crippen LogP contribution >= 0.6 is 11.6 Å². The van der Waals surface area contributed by atoms with E-state index >= 15 is 0 Å². The van der Waals surface area contributed by atoms with E-state index in [1.807, 2.05) is 43.9 Å². The van der Waals surface area contributed by atoms with E-state index in [-0.39, 0.29) is 12.1 Å². The summed E-state index contributed by atoms with van der Waals surface area (Å²) in [5.74, 6) is 0.778. The van der Waals surface area contributed by atoms with Gasteiger partial charge in [-0.05, 0) is 51.3 Å². The Balaban J connectivity index is 1.81. The Hall–Kier alpha value is -2.01. The first-order valence-corrected chi connectivity index (χ1v) is 8.11. The molecule has 1 aliphatic heterocycles. The van der Waals surface area contributed by atoms with E-state index in [0.29, 0.717) is 17.3 Å². The zero-order chi connectivity index (χ0) is 16.6. The van der Waals surface area contributed by atoms with Crippen LogP contribution in [0, 0.1) is 20.8 Å². The maximum Gasteiger partial charge on any atom is 0.322 e. The Morgan fingerprint density at radius 3 is 2.83 bits per heavy atom. The number of likely N-dealkylation sites (tertiary alicyclic amines) is 1. The van der Waals surface area contributed by atoms with Crippen molar-refractivity contribution in [2.45, 2.75) is 39.7 Å². The molecule has 0 bridgehead atoms. The van der Waals surface area contributed by atoms with Crippen LogP contribution in [0.4, 0.5) is 10.5 Å². The highest BCUT2D eigenvalue weighted by Gasteiger charge is 2.34. The highest BCUT2D eigenvalue weighted by molar-refractivity contribution is 6.33. The van der Waals surface area contributed by atoms with Crippen molar-refractivity contribution in [3.8, 4) is 0 Å². The molecule has 23 heavy (non-hydrogen) atoms. The summed E-state index contributed by atoms with van der Waals surface area (Å²) in [6.45, 7) is 6.48. The van der Waals surface area contributed by atoms with Crippen molar-refractivity contribution in [2.24, 2.45) is 0 Å². The number of urea groups is 1. The number of aryl methyl sites for hydroxylation is 3. The lowest BCUT2D eigenvalue weighted by Gasteiger charge is -2.25. The van der Waals surface area contributed by atoms with E-state index in [4.69, 9.17) is 16.1 Å². The minimum Gasteiger partial charge on any atom is -0.361 e. The number of nitrogens with zero attached hydrogens (tertiary/aromatic N) is 2. The van der Waals surface area contributed by atoms with Gasteiger partial charge in [0.05, 0.1) is 22.4 Å². The third-order valence-corrected chi connectivity index (χ3v) is 4.61. The molecule has 1 aromatic heterocycles. The summed E-state index contributed by atoms with van der Waals surface area (Å²) in [4.78, 5) is 14.5. The molecule has 0 radical (unpaired) electrons. The molecule has 0 spiro atoms. The Morgan fingerprint density at radius 2 is 2.17 bits per heavy atom. The minimum absolute atomic E-state index is 0.00507. The molecule has 1 saturated heterocycles. The number of carbonyl (C=O) groups is 1. The van der Waals surface area contributed by atoms with Crippen LogP contribution in [0.5, 0.6) is 0 Å². The van der Waals surface area contributed by atoms with E-state index in [2.05, 4.69) is 10.5 Å². The molecular weight excluding hydrogens is 314 g/mol. The van der Waals surface area contributed by atoms with Crippen LogP contribution in [-0.4, -0.2) is 22.6 Å². The predicted molar refractivity (Wildman–Crippen MR) is 89.9 cm³/mol. The van der Waals surface area contributed by atoms with Crippen molar-refractivity contribution in [2.75, 3.05) is 11.9 Å². The molecule has 2 aromatic rings. The van der Waals surface area contributed by atoms with Crippen molar-refractivity contribution in [1.29, 1.82) is 0 Å². The standard InChI is InChI=1S/C17H20ClN3O2/c1-10-6-7-14(13(18)9-10)19-17(22)21-8-4-5-15(21)16-11(2)20-23-12(16)3/h6-7,9,15H,4-5,8H2,1-3H3,(H,19,22). The fraction of sp³-hybridized carbons (Fsp3) is 0.412. The minimum atomic E-state index is -0.141. The van der Waals surface area contributed by atoms with Gasteiger partial charge in [0.15, 0.2) is 0 Å². The zero-order valence-electron chi connectivity index (χ0n) is 13.5. The molecule has 6 heteroatoms. The lowest BCUT2D eigenvalue weighted by atomic mass is 10.0. The maximum atomic E-state index is 12.7. The van der Waals surface area contributed by atoms with E-state index in [9.17, 15) is 4.79 Å². The van der Waals surface area contributed by atoms with Crippen LogP contribution in [0.1, 0.15) is 41.5 Å². The van der Waals surface area contributed by atoms with Crippen molar-refractivity contribution in [1.82, 2.24) is 10.1 Å². The number of halogens is 1. The van der Waals surface area contributed by atoms with Crippen LogP contribution in [-0.2, 0) is 0 Å². The largest absolute Gasteiger partial charge is 0.361 e. The summed E-state index contributed by atoms with van der Waals surface area (Å²) < 4.78 is 5.26. The second-order valence-corrected chi connectivity index (χ2v) is 6.41. The molecule has 1 atom stereocenters. The van der Waals surface area contributed by atoms with E-state index in [1.165, 1.54) is 0 Å². The number of aromatic nitrogens is 1. The third kappa shape index (κ3) is 3.06. The summed E-state index contributed by atoms with van der Waals surface area (Å²) >= 11 is 6.21. The number of rotatable bonds is 2. The second kappa shape index (κ2) is 6.24. The number of hydrogen-bond acceptors (Lipinski definition) is 3. The van der Waals surface area contributed by atoms with Crippen LogP contribution in [0.3, 0.4) is 0 Å². The summed E-state index contributed by atoms with van der Waals surface area (Å²) in [6.07, 6.45) is 1.88. The second-order valence-electron chi connectivity index (χ2n) is 6.00. The van der Waals surface area contributed by atoms with Crippen LogP contribution in [0.15, 0.2) is 22.7 Å². The van der Waals surface area contributed by atoms with Gasteiger partial charge in [-0.3, -0.25) is 0 Å². The SMILES string of the molecule is Cc1ccc(NC(=O)N2CCCC2c2c(C)noc2C)c(Cl)c1. The molecule has 2 heterocycles. The monoisotopic (exact) mass is 333 g/mol. The van der Waals surface area contributed by atoms with Gasteiger partial charge < -0.3 is 14.7 Å². The number of amides is 2. The zero-order valence-corrected chi connectivity index (χ0v) is 14.3. The molecule has 0 saturated carbocycles. The highest BCUT2D eigenvalue weighted by Crippen LogP contribution is 2.36. The summed E-state index contributed by atoms with van der Waals surface area (Å²) in [5.41, 5.74) is 3.56. The molecular formula is C17H20ClN3O2. The van der Waals surface area contributed by atoms with E-state index in [1.54, 1.807) is 0 Å². The average molecular weight is 334 g/mol. The Kier molecular flexibility index (Phi) is 4.31. The number of anilines is 1. The molecule has 0 aliphatic carbocycles. The van der Waals surface area contributed by atoms with Crippen LogP contribution in [0.2, 0.25) is 5.02 Å². The Morgan fingerprint density at radius 1 is 1.39 bits per heavy atom. The molecule has 1 aliphatic rings. The van der Waals surface area contributed by atoms with Gasteiger partial charge >= 0.3 is 6.03 Å². The van der Waals surface area contributed by atoms with Gasteiger partial charge in [-0.1, -0.05) is 22.8 Å². The number of hydrogen-bond donors (Lipinski definition) is 1. The smallest absolute Gasteiger partial charge is 0.322 e. The number of nitrogens with one attached hydrogen (secondary N) is 1. The van der Waals surface area contributed by atoms with Crippen LogP contribution < -0.4 is 5.32 Å². The molecule has 1 fully saturated rings. The summed E-state index contributed by atoms with van der Waals surface area (Å²) in [5, 5.41) is 7.47. The van der Waals surface area contributed by atoms with Crippen molar-refractivity contribution >= 4 is 23.3 Å². The summed E-state index contributed by atoms with van der Waals surface area (Å²) in [7, 11) is 0. The van der Waals surface area contributed by atoms with Gasteiger partial charge in [-0.15, -0.1) is 0 Å². The van der Waals surface area contributed by atoms with Crippen molar-refractivity contribution in [3.05, 3.63) is 45.8 Å². The third-order valence-electron chi connectivity index (χ3n) is 4.30. The normalized spacial score (nSPS) is 17.6. The fourth-order valence-electron chi connectivity index (χ4n) is 3.18. The Labute approximate surface area is 140 Å². The van der Waals surface area contributed by atoms with Crippen molar-refractivity contribution < 1.29 is 9.32 Å². The molecule has 3 rings (SSSR count). The first kappa shape index (κ1) is 15.9. The molecule has 1 unspecified atom stereocenters. The molecule has 2 amide bonds. The first-order chi connectivity index (χ1) is 11.0. The number of benzene rings is 1. The van der Waals surface area contributed by atoms with Gasteiger partial charge in [-0.25, -0.2) is 4.79 Å². The molecule has 122 valence electrons. The maximum absolute atomic E-state index is 12.7. The Bertz CT molecular complexity index is 722. The van der Waals surface area contributed by atoms with Gasteiger partial charge in [0.1, 0.15) is 5.76 Å². The lowest BCUT2D eigenvalue weighted by Crippen LogP contribution is -2.34. The lowest BCUT2D eigenvalue weighted by molar-refractivity contribution is 0.206. The average Bonchev–Trinajstić information content (AvgIpc) is 3.08. The van der Waals surface area contributed by atoms with Crippen LogP contribution in [0.25, 0.3) is 0 Å². The van der Waals surface area contributed by atoms with Gasteiger partial charge in [0.25, 0.3) is 0 Å². The fourth-order valence-corrected chi connectivity index (χ4v) is 3.47. The highest BCUT2D eigenvalue weighted by atomic mass is 35.5. The first-order valence-electron chi connectivity index (χ1n) is 7.74. The molecule has 5 nitrogen and oxygen atoms in total. The molecule has 1 aromatic carbocycles. The predicted octanol–water partition coefficient (Wildman–Crippen LogP) is 4.62. The van der Waals surface area contributed by atoms with Gasteiger partial charge in [0, 0.05) is 12.1 Å². The topological polar surface area (TPSA) is 58.4 Å². The van der Waals surface area contributed by atoms with Gasteiger partial charge in [0.2, 0.25) is 0 Å².